The van der Waals surface area contributed by atoms with Crippen molar-refractivity contribution < 1.29 is 0 Å². The van der Waals surface area contributed by atoms with E-state index in [-0.39, 0.29) is 4.74 Å². The number of piperidine rings is 1. The standard InChI is InChI=1S/C14H16N2OS/c15-12-13(16-8-4-1-5-9-16)10-6-2-3-7-11(10)18-14(12)17/h2-3,6-7H,1,4-5,8-9,15H2. The zero-order valence-corrected chi connectivity index (χ0v) is 11.0. The third-order valence-electron chi connectivity index (χ3n) is 3.49. The summed E-state index contributed by atoms with van der Waals surface area (Å²) in [6.45, 7) is 2.00. The van der Waals surface area contributed by atoms with Gasteiger partial charge in [0.2, 0.25) is 0 Å². The molecule has 1 saturated heterocycles. The van der Waals surface area contributed by atoms with Crippen LogP contribution >= 0.6 is 11.3 Å². The lowest BCUT2D eigenvalue weighted by Gasteiger charge is -2.30. The molecule has 0 amide bonds. The highest BCUT2D eigenvalue weighted by atomic mass is 32.1. The van der Waals surface area contributed by atoms with Gasteiger partial charge in [0.05, 0.1) is 5.69 Å². The average Bonchev–Trinajstić information content (AvgIpc) is 2.41. The molecule has 1 fully saturated rings. The van der Waals surface area contributed by atoms with Gasteiger partial charge in [0.25, 0.3) is 4.74 Å². The van der Waals surface area contributed by atoms with Crippen molar-refractivity contribution in [3.63, 3.8) is 0 Å². The van der Waals surface area contributed by atoms with E-state index < -0.39 is 0 Å². The van der Waals surface area contributed by atoms with Gasteiger partial charge in [0, 0.05) is 23.2 Å². The molecular weight excluding hydrogens is 244 g/mol. The lowest BCUT2D eigenvalue weighted by Crippen LogP contribution is -2.31. The highest BCUT2D eigenvalue weighted by Crippen LogP contribution is 2.33. The zero-order valence-electron chi connectivity index (χ0n) is 10.2. The summed E-state index contributed by atoms with van der Waals surface area (Å²) in [5.41, 5.74) is 7.41. The van der Waals surface area contributed by atoms with Crippen LogP contribution in [0.2, 0.25) is 0 Å². The fourth-order valence-electron chi connectivity index (χ4n) is 2.61. The predicted octanol–water partition coefficient (Wildman–Crippen LogP) is 2.83. The van der Waals surface area contributed by atoms with Crippen molar-refractivity contribution in [3.05, 3.63) is 33.8 Å². The molecule has 3 nitrogen and oxygen atoms in total. The van der Waals surface area contributed by atoms with Crippen LogP contribution in [0, 0.1) is 0 Å². The number of anilines is 2. The van der Waals surface area contributed by atoms with Crippen molar-refractivity contribution in [2.45, 2.75) is 19.3 Å². The number of benzene rings is 1. The molecule has 1 aliphatic heterocycles. The highest BCUT2D eigenvalue weighted by molar-refractivity contribution is 7.16. The van der Waals surface area contributed by atoms with E-state index in [1.54, 1.807) is 0 Å². The maximum atomic E-state index is 12.0. The van der Waals surface area contributed by atoms with E-state index in [9.17, 15) is 4.79 Å². The van der Waals surface area contributed by atoms with Crippen LogP contribution in [-0.4, -0.2) is 13.1 Å². The first kappa shape index (κ1) is 11.5. The molecular formula is C14H16N2OS. The van der Waals surface area contributed by atoms with Crippen molar-refractivity contribution in [3.8, 4) is 0 Å². The molecule has 0 aliphatic carbocycles. The van der Waals surface area contributed by atoms with Crippen LogP contribution in [0.25, 0.3) is 10.1 Å². The van der Waals surface area contributed by atoms with Crippen molar-refractivity contribution in [1.29, 1.82) is 0 Å². The normalized spacial score (nSPS) is 16.1. The molecule has 0 spiro atoms. The SMILES string of the molecule is Nc1c(N2CCCCC2)c2ccccc2sc1=O. The molecule has 1 aliphatic rings. The van der Waals surface area contributed by atoms with E-state index in [0.717, 1.165) is 28.9 Å². The number of hydrogen-bond donors (Lipinski definition) is 1. The van der Waals surface area contributed by atoms with Crippen LogP contribution in [0.15, 0.2) is 29.1 Å². The van der Waals surface area contributed by atoms with E-state index in [0.29, 0.717) is 5.69 Å². The van der Waals surface area contributed by atoms with Gasteiger partial charge in [0.15, 0.2) is 0 Å². The minimum Gasteiger partial charge on any atom is -0.393 e. The summed E-state index contributed by atoms with van der Waals surface area (Å²) in [4.78, 5) is 14.2. The summed E-state index contributed by atoms with van der Waals surface area (Å²) in [5.74, 6) is 0. The Balaban J connectivity index is 2.24. The maximum absolute atomic E-state index is 12.0. The Hall–Kier alpha value is -1.55. The Morgan fingerprint density at radius 3 is 2.61 bits per heavy atom. The largest absolute Gasteiger partial charge is 0.393 e. The summed E-state index contributed by atoms with van der Waals surface area (Å²) >= 11 is 1.24. The van der Waals surface area contributed by atoms with Gasteiger partial charge >= 0.3 is 0 Å². The monoisotopic (exact) mass is 260 g/mol. The Labute approximate surface area is 110 Å². The third-order valence-corrected chi connectivity index (χ3v) is 4.47. The van der Waals surface area contributed by atoms with Crippen LogP contribution in [0.5, 0.6) is 0 Å². The van der Waals surface area contributed by atoms with Gasteiger partial charge in [0.1, 0.15) is 5.69 Å². The molecule has 0 radical (unpaired) electrons. The number of hydrogen-bond acceptors (Lipinski definition) is 4. The van der Waals surface area contributed by atoms with Crippen molar-refractivity contribution >= 4 is 32.8 Å². The lowest BCUT2D eigenvalue weighted by atomic mass is 10.1. The number of fused-ring (bicyclic) bond motifs is 1. The number of nitrogens with two attached hydrogens (primary N) is 1. The quantitative estimate of drug-likeness (QED) is 0.857. The van der Waals surface area contributed by atoms with Crippen LogP contribution in [0.3, 0.4) is 0 Å². The molecule has 0 unspecified atom stereocenters. The Morgan fingerprint density at radius 1 is 1.11 bits per heavy atom. The van der Waals surface area contributed by atoms with Gasteiger partial charge in [-0.3, -0.25) is 4.79 Å². The van der Waals surface area contributed by atoms with E-state index in [1.165, 1.54) is 30.6 Å². The smallest absolute Gasteiger partial charge is 0.257 e. The summed E-state index contributed by atoms with van der Waals surface area (Å²) in [5, 5.41) is 1.11. The van der Waals surface area contributed by atoms with Gasteiger partial charge in [-0.1, -0.05) is 29.5 Å². The molecule has 2 N–H and O–H groups in total. The molecule has 3 rings (SSSR count). The second-order valence-electron chi connectivity index (χ2n) is 4.70. The second kappa shape index (κ2) is 4.61. The van der Waals surface area contributed by atoms with Gasteiger partial charge < -0.3 is 10.6 Å². The number of rotatable bonds is 1. The Bertz CT molecular complexity index is 629. The molecule has 0 atom stereocenters. The first-order valence-corrected chi connectivity index (χ1v) is 7.15. The zero-order chi connectivity index (χ0) is 12.5. The lowest BCUT2D eigenvalue weighted by molar-refractivity contribution is 0.579. The second-order valence-corrected chi connectivity index (χ2v) is 5.71. The predicted molar refractivity (Wildman–Crippen MR) is 78.6 cm³/mol. The minimum absolute atomic E-state index is 0.0192. The molecule has 4 heteroatoms. The van der Waals surface area contributed by atoms with Crippen LogP contribution in [0.1, 0.15) is 19.3 Å². The fourth-order valence-corrected chi connectivity index (χ4v) is 3.43. The summed E-state index contributed by atoms with van der Waals surface area (Å²) in [6, 6.07) is 8.03. The van der Waals surface area contributed by atoms with E-state index >= 15 is 0 Å². The number of nitrogen functional groups attached to an aromatic ring is 1. The van der Waals surface area contributed by atoms with Gasteiger partial charge in [-0.25, -0.2) is 0 Å². The van der Waals surface area contributed by atoms with Crippen LogP contribution in [0.4, 0.5) is 11.4 Å². The van der Waals surface area contributed by atoms with E-state index in [1.807, 2.05) is 18.2 Å². The van der Waals surface area contributed by atoms with Gasteiger partial charge in [-0.2, -0.15) is 0 Å². The number of nitrogens with zero attached hydrogens (tertiary/aromatic N) is 1. The first-order chi connectivity index (χ1) is 8.77. The maximum Gasteiger partial charge on any atom is 0.257 e. The highest BCUT2D eigenvalue weighted by Gasteiger charge is 2.18. The fraction of sp³-hybridized carbons (Fsp3) is 0.357. The molecule has 1 aromatic heterocycles. The molecule has 1 aromatic carbocycles. The average molecular weight is 260 g/mol. The summed E-state index contributed by atoms with van der Waals surface area (Å²) in [7, 11) is 0. The molecule has 2 heterocycles. The van der Waals surface area contributed by atoms with Gasteiger partial charge in [-0.05, 0) is 25.3 Å². The van der Waals surface area contributed by atoms with Crippen LogP contribution in [-0.2, 0) is 0 Å². The summed E-state index contributed by atoms with van der Waals surface area (Å²) < 4.78 is 1.01. The minimum atomic E-state index is -0.0192. The molecule has 0 bridgehead atoms. The topological polar surface area (TPSA) is 46.3 Å². The Kier molecular flexibility index (Phi) is 2.96. The van der Waals surface area contributed by atoms with Crippen molar-refractivity contribution in [2.75, 3.05) is 23.7 Å². The van der Waals surface area contributed by atoms with Crippen molar-refractivity contribution in [2.24, 2.45) is 0 Å². The Morgan fingerprint density at radius 2 is 1.83 bits per heavy atom. The third kappa shape index (κ3) is 1.86. The molecule has 18 heavy (non-hydrogen) atoms. The molecule has 0 saturated carbocycles. The molecule has 94 valence electrons. The summed E-state index contributed by atoms with van der Waals surface area (Å²) in [6.07, 6.45) is 3.63. The molecule has 2 aromatic rings. The van der Waals surface area contributed by atoms with Crippen LogP contribution < -0.4 is 15.4 Å². The first-order valence-electron chi connectivity index (χ1n) is 6.33. The van der Waals surface area contributed by atoms with E-state index in [2.05, 4.69) is 11.0 Å². The van der Waals surface area contributed by atoms with Gasteiger partial charge in [-0.15, -0.1) is 0 Å². The van der Waals surface area contributed by atoms with E-state index in [4.69, 9.17) is 5.73 Å². The van der Waals surface area contributed by atoms with Crippen molar-refractivity contribution in [1.82, 2.24) is 0 Å².